The minimum Gasteiger partial charge on any atom is -0.459 e. The molecule has 10 heteroatoms. The van der Waals surface area contributed by atoms with Crippen molar-refractivity contribution in [1.29, 1.82) is 0 Å². The summed E-state index contributed by atoms with van der Waals surface area (Å²) in [6.45, 7) is -0.348. The molecule has 1 amide bonds. The van der Waals surface area contributed by atoms with Crippen molar-refractivity contribution in [1.82, 2.24) is 0 Å². The fourth-order valence-electron chi connectivity index (χ4n) is 4.77. The average molecular weight is 569 g/mol. The molecule has 0 bridgehead atoms. The normalized spacial score (nSPS) is 21.4. The summed E-state index contributed by atoms with van der Waals surface area (Å²) in [4.78, 5) is 56.0. The van der Waals surface area contributed by atoms with E-state index in [0.717, 1.165) is 0 Å². The van der Waals surface area contributed by atoms with Gasteiger partial charge in [-0.25, -0.2) is 14.4 Å². The standard InChI is InChI=1S/C32H28N2O8/c33-29(35)23-17-10-18-34-25(23)27-28(42-32(38)22-15-8-3-9-16-22)26(41-31(37)21-13-6-2-7-14-21)24(40-27)19-39-30(36)20-11-4-1-5-12-20/h1-9,11-16,18,24,26-28H,10,17,19H2,(H2,33,35)/t24-,26-,27-,28+/m1/s1. The van der Waals surface area contributed by atoms with Crippen molar-refractivity contribution in [3.8, 4) is 0 Å². The Kier molecular flexibility index (Phi) is 8.84. The van der Waals surface area contributed by atoms with Crippen molar-refractivity contribution in [3.63, 3.8) is 0 Å². The Balaban J connectivity index is 1.51. The van der Waals surface area contributed by atoms with Crippen molar-refractivity contribution in [3.05, 3.63) is 119 Å². The summed E-state index contributed by atoms with van der Waals surface area (Å²) >= 11 is 0. The third kappa shape index (κ3) is 6.45. The second kappa shape index (κ2) is 13.0. The molecule has 2 heterocycles. The molecule has 0 radical (unpaired) electrons. The van der Waals surface area contributed by atoms with E-state index in [1.807, 2.05) is 0 Å². The Bertz CT molecular complexity index is 1510. The minimum absolute atomic E-state index is 0.164. The maximum atomic E-state index is 13.3. The van der Waals surface area contributed by atoms with Crippen LogP contribution in [-0.4, -0.2) is 61.1 Å². The SMILES string of the molecule is NC(=O)C1=C([C@H]2O[C@H](COC(=O)c3ccccc3)[C@@H](OC(=O)c3ccccc3)[C@@H]2OC(=O)c2ccccc2)N=CCC1. The lowest BCUT2D eigenvalue weighted by Gasteiger charge is -2.26. The molecule has 4 atom stereocenters. The predicted octanol–water partition coefficient (Wildman–Crippen LogP) is 3.67. The van der Waals surface area contributed by atoms with E-state index in [4.69, 9.17) is 24.7 Å². The molecule has 5 rings (SSSR count). The number of hydrogen-bond acceptors (Lipinski definition) is 9. The molecule has 0 aliphatic carbocycles. The third-order valence-electron chi connectivity index (χ3n) is 6.83. The average Bonchev–Trinajstić information content (AvgIpc) is 3.36. The molecule has 2 N–H and O–H groups in total. The predicted molar refractivity (Wildman–Crippen MR) is 151 cm³/mol. The number of primary amides is 1. The van der Waals surface area contributed by atoms with Crippen LogP contribution in [-0.2, 0) is 23.7 Å². The Labute approximate surface area is 241 Å². The molecule has 214 valence electrons. The summed E-state index contributed by atoms with van der Waals surface area (Å²) in [5.41, 5.74) is 6.85. The lowest BCUT2D eigenvalue weighted by molar-refractivity contribution is -0.114. The van der Waals surface area contributed by atoms with E-state index in [1.54, 1.807) is 97.2 Å². The first-order valence-corrected chi connectivity index (χ1v) is 13.4. The number of rotatable bonds is 9. The lowest BCUT2D eigenvalue weighted by atomic mass is 9.97. The smallest absolute Gasteiger partial charge is 0.338 e. The van der Waals surface area contributed by atoms with Crippen LogP contribution in [0, 0.1) is 0 Å². The van der Waals surface area contributed by atoms with Crippen LogP contribution < -0.4 is 5.73 Å². The topological polar surface area (TPSA) is 144 Å². The Hall–Kier alpha value is -5.09. The Morgan fingerprint density at radius 1 is 0.738 bits per heavy atom. The van der Waals surface area contributed by atoms with Gasteiger partial charge < -0.3 is 24.7 Å². The summed E-state index contributed by atoms with van der Waals surface area (Å²) in [5.74, 6) is -2.74. The molecule has 2 aliphatic rings. The monoisotopic (exact) mass is 568 g/mol. The van der Waals surface area contributed by atoms with Gasteiger partial charge >= 0.3 is 17.9 Å². The van der Waals surface area contributed by atoms with E-state index in [2.05, 4.69) is 4.99 Å². The maximum absolute atomic E-state index is 13.3. The highest BCUT2D eigenvalue weighted by molar-refractivity contribution is 5.94. The molecule has 10 nitrogen and oxygen atoms in total. The highest BCUT2D eigenvalue weighted by atomic mass is 16.6. The summed E-state index contributed by atoms with van der Waals surface area (Å²) in [5, 5.41) is 0. The van der Waals surface area contributed by atoms with Crippen LogP contribution in [0.5, 0.6) is 0 Å². The van der Waals surface area contributed by atoms with Gasteiger partial charge in [-0.05, 0) is 49.2 Å². The first-order valence-electron chi connectivity index (χ1n) is 13.4. The number of carbonyl (C=O) groups is 4. The molecular formula is C32H28N2O8. The number of carbonyl (C=O) groups excluding carboxylic acids is 4. The van der Waals surface area contributed by atoms with Crippen LogP contribution >= 0.6 is 0 Å². The molecule has 1 saturated heterocycles. The van der Waals surface area contributed by atoms with Crippen molar-refractivity contribution >= 4 is 30.0 Å². The van der Waals surface area contributed by atoms with Gasteiger partial charge in [0.05, 0.1) is 22.4 Å². The van der Waals surface area contributed by atoms with Crippen molar-refractivity contribution < 1.29 is 38.1 Å². The molecule has 0 saturated carbocycles. The number of aliphatic imine (C=N–C) groups is 1. The molecule has 3 aromatic rings. The molecule has 2 aliphatic heterocycles. The fraction of sp³-hybridized carbons (Fsp3) is 0.219. The maximum Gasteiger partial charge on any atom is 0.338 e. The van der Waals surface area contributed by atoms with Gasteiger partial charge in [0, 0.05) is 11.8 Å². The van der Waals surface area contributed by atoms with Gasteiger partial charge in [0.1, 0.15) is 18.8 Å². The van der Waals surface area contributed by atoms with E-state index in [-0.39, 0.29) is 29.0 Å². The highest BCUT2D eigenvalue weighted by Gasteiger charge is 2.52. The summed E-state index contributed by atoms with van der Waals surface area (Å²) in [7, 11) is 0. The third-order valence-corrected chi connectivity index (χ3v) is 6.83. The minimum atomic E-state index is -1.26. The van der Waals surface area contributed by atoms with Crippen LogP contribution in [0.1, 0.15) is 43.9 Å². The van der Waals surface area contributed by atoms with Gasteiger partial charge in [-0.3, -0.25) is 9.79 Å². The fourth-order valence-corrected chi connectivity index (χ4v) is 4.77. The first-order chi connectivity index (χ1) is 20.4. The molecule has 3 aromatic carbocycles. The summed E-state index contributed by atoms with van der Waals surface area (Å²) in [6.07, 6.45) is -2.34. The van der Waals surface area contributed by atoms with Crippen LogP contribution in [0.3, 0.4) is 0 Å². The van der Waals surface area contributed by atoms with Gasteiger partial charge in [0.15, 0.2) is 12.2 Å². The Morgan fingerprint density at radius 3 is 1.76 bits per heavy atom. The van der Waals surface area contributed by atoms with Crippen molar-refractivity contribution in [2.45, 2.75) is 37.3 Å². The number of esters is 3. The zero-order valence-corrected chi connectivity index (χ0v) is 22.5. The van der Waals surface area contributed by atoms with E-state index < -0.39 is 48.2 Å². The van der Waals surface area contributed by atoms with Crippen molar-refractivity contribution in [2.75, 3.05) is 6.61 Å². The van der Waals surface area contributed by atoms with Crippen LogP contribution in [0.15, 0.2) is 107 Å². The number of amides is 1. The molecule has 42 heavy (non-hydrogen) atoms. The first kappa shape index (κ1) is 28.4. The van der Waals surface area contributed by atoms with E-state index in [9.17, 15) is 19.2 Å². The second-order valence-corrected chi connectivity index (χ2v) is 9.61. The zero-order chi connectivity index (χ0) is 29.5. The molecular weight excluding hydrogens is 540 g/mol. The molecule has 0 unspecified atom stereocenters. The van der Waals surface area contributed by atoms with Gasteiger partial charge in [0.2, 0.25) is 5.91 Å². The Morgan fingerprint density at radius 2 is 1.24 bits per heavy atom. The lowest BCUT2D eigenvalue weighted by Crippen LogP contribution is -2.42. The molecule has 1 fully saturated rings. The summed E-state index contributed by atoms with van der Waals surface area (Å²) < 4.78 is 23.6. The number of ether oxygens (including phenoxy) is 4. The van der Waals surface area contributed by atoms with Crippen LogP contribution in [0.25, 0.3) is 0 Å². The molecule has 0 spiro atoms. The van der Waals surface area contributed by atoms with Crippen LogP contribution in [0.2, 0.25) is 0 Å². The number of hydrogen-bond donors (Lipinski definition) is 1. The zero-order valence-electron chi connectivity index (χ0n) is 22.5. The van der Waals surface area contributed by atoms with Crippen LogP contribution in [0.4, 0.5) is 0 Å². The summed E-state index contributed by atoms with van der Waals surface area (Å²) in [6, 6.07) is 24.9. The van der Waals surface area contributed by atoms with Crippen molar-refractivity contribution in [2.24, 2.45) is 10.7 Å². The van der Waals surface area contributed by atoms with E-state index in [1.165, 1.54) is 0 Å². The van der Waals surface area contributed by atoms with E-state index in [0.29, 0.717) is 18.4 Å². The van der Waals surface area contributed by atoms with Gasteiger partial charge in [0.25, 0.3) is 0 Å². The highest BCUT2D eigenvalue weighted by Crippen LogP contribution is 2.36. The number of benzene rings is 3. The second-order valence-electron chi connectivity index (χ2n) is 9.61. The molecule has 0 aromatic heterocycles. The van der Waals surface area contributed by atoms with Gasteiger partial charge in [-0.2, -0.15) is 0 Å². The van der Waals surface area contributed by atoms with Gasteiger partial charge in [-0.1, -0.05) is 54.6 Å². The number of nitrogens with zero attached hydrogens (tertiary/aromatic N) is 1. The van der Waals surface area contributed by atoms with E-state index >= 15 is 0 Å². The quantitative estimate of drug-likeness (QED) is 0.304. The number of nitrogens with two attached hydrogens (primary N) is 1. The van der Waals surface area contributed by atoms with Gasteiger partial charge in [-0.15, -0.1) is 0 Å². The largest absolute Gasteiger partial charge is 0.459 e.